The van der Waals surface area contributed by atoms with Gasteiger partial charge in [-0.15, -0.1) is 0 Å². The maximum absolute atomic E-state index is 10.7. The standard InChI is InChI=1S/C8H17NO2/c1-8(2,3)6-11-5-7(10)9-4/h5-6H2,1-4H3,(H,9,10). The number of hydrogen-bond acceptors (Lipinski definition) is 2. The minimum Gasteiger partial charge on any atom is -0.371 e. The van der Waals surface area contributed by atoms with E-state index in [1.165, 1.54) is 0 Å². The van der Waals surface area contributed by atoms with Gasteiger partial charge in [-0.2, -0.15) is 0 Å². The van der Waals surface area contributed by atoms with Gasteiger partial charge in [-0.1, -0.05) is 20.8 Å². The molecule has 0 unspecified atom stereocenters. The highest BCUT2D eigenvalue weighted by Crippen LogP contribution is 2.12. The Balaban J connectivity index is 3.35. The highest BCUT2D eigenvalue weighted by Gasteiger charge is 2.10. The summed E-state index contributed by atoms with van der Waals surface area (Å²) in [6, 6.07) is 0. The Hall–Kier alpha value is -0.570. The summed E-state index contributed by atoms with van der Waals surface area (Å²) in [4.78, 5) is 10.7. The Morgan fingerprint density at radius 1 is 1.45 bits per heavy atom. The fourth-order valence-electron chi connectivity index (χ4n) is 0.522. The van der Waals surface area contributed by atoms with Crippen molar-refractivity contribution in [1.29, 1.82) is 0 Å². The molecule has 1 N–H and O–H groups in total. The van der Waals surface area contributed by atoms with E-state index >= 15 is 0 Å². The van der Waals surface area contributed by atoms with Crippen LogP contribution < -0.4 is 5.32 Å². The summed E-state index contributed by atoms with van der Waals surface area (Å²) in [7, 11) is 1.60. The van der Waals surface area contributed by atoms with Crippen molar-refractivity contribution in [2.45, 2.75) is 20.8 Å². The van der Waals surface area contributed by atoms with E-state index < -0.39 is 0 Å². The lowest BCUT2D eigenvalue weighted by atomic mass is 9.99. The molecule has 11 heavy (non-hydrogen) atoms. The second-order valence-electron chi connectivity index (χ2n) is 3.73. The first-order valence-electron chi connectivity index (χ1n) is 3.74. The van der Waals surface area contributed by atoms with Crippen LogP contribution in [-0.2, 0) is 9.53 Å². The van der Waals surface area contributed by atoms with E-state index in [1.54, 1.807) is 7.05 Å². The van der Waals surface area contributed by atoms with Gasteiger partial charge < -0.3 is 10.1 Å². The van der Waals surface area contributed by atoms with Gasteiger partial charge in [0.2, 0.25) is 5.91 Å². The molecule has 0 radical (unpaired) electrons. The maximum atomic E-state index is 10.7. The molecule has 0 rings (SSSR count). The van der Waals surface area contributed by atoms with Crippen LogP contribution in [0.25, 0.3) is 0 Å². The van der Waals surface area contributed by atoms with Gasteiger partial charge in [0.15, 0.2) is 0 Å². The van der Waals surface area contributed by atoms with Gasteiger partial charge in [-0.3, -0.25) is 4.79 Å². The Morgan fingerprint density at radius 3 is 2.36 bits per heavy atom. The van der Waals surface area contributed by atoms with Crippen molar-refractivity contribution in [2.24, 2.45) is 5.41 Å². The molecule has 0 aromatic heterocycles. The molecule has 3 nitrogen and oxygen atoms in total. The molecule has 0 aromatic carbocycles. The minimum atomic E-state index is -0.0748. The fraction of sp³-hybridized carbons (Fsp3) is 0.875. The zero-order chi connectivity index (χ0) is 8.91. The maximum Gasteiger partial charge on any atom is 0.245 e. The van der Waals surface area contributed by atoms with E-state index in [9.17, 15) is 4.79 Å². The van der Waals surface area contributed by atoms with Gasteiger partial charge in [0, 0.05) is 7.05 Å². The molecule has 1 amide bonds. The van der Waals surface area contributed by atoms with E-state index in [2.05, 4.69) is 26.1 Å². The number of ether oxygens (including phenoxy) is 1. The summed E-state index contributed by atoms with van der Waals surface area (Å²) in [5.41, 5.74) is 0.133. The van der Waals surface area contributed by atoms with Crippen LogP contribution in [0, 0.1) is 5.41 Å². The SMILES string of the molecule is CNC(=O)COCC(C)(C)C. The van der Waals surface area contributed by atoms with Crippen molar-refractivity contribution >= 4 is 5.91 Å². The van der Waals surface area contributed by atoms with Gasteiger partial charge in [0.25, 0.3) is 0 Å². The minimum absolute atomic E-state index is 0.0748. The lowest BCUT2D eigenvalue weighted by Crippen LogP contribution is -2.26. The molecule has 66 valence electrons. The number of hydrogen-bond donors (Lipinski definition) is 1. The van der Waals surface area contributed by atoms with Crippen molar-refractivity contribution in [3.63, 3.8) is 0 Å². The van der Waals surface area contributed by atoms with Gasteiger partial charge in [0.1, 0.15) is 6.61 Å². The molecule has 0 spiro atoms. The lowest BCUT2D eigenvalue weighted by Gasteiger charge is -2.17. The number of carbonyl (C=O) groups is 1. The summed E-state index contributed by atoms with van der Waals surface area (Å²) >= 11 is 0. The molecule has 0 aliphatic carbocycles. The fourth-order valence-corrected chi connectivity index (χ4v) is 0.522. The molecule has 0 aliphatic heterocycles. The van der Waals surface area contributed by atoms with Gasteiger partial charge in [0.05, 0.1) is 6.61 Å². The number of nitrogens with one attached hydrogen (secondary N) is 1. The van der Waals surface area contributed by atoms with Crippen molar-refractivity contribution < 1.29 is 9.53 Å². The van der Waals surface area contributed by atoms with E-state index in [4.69, 9.17) is 4.74 Å². The number of rotatable bonds is 3. The first-order valence-corrected chi connectivity index (χ1v) is 3.74. The second kappa shape index (κ2) is 4.34. The highest BCUT2D eigenvalue weighted by atomic mass is 16.5. The van der Waals surface area contributed by atoms with Gasteiger partial charge in [-0.05, 0) is 5.41 Å². The summed E-state index contributed by atoms with van der Waals surface area (Å²) in [6.07, 6.45) is 0. The quantitative estimate of drug-likeness (QED) is 0.661. The predicted octanol–water partition coefficient (Wildman–Crippen LogP) is 0.795. The highest BCUT2D eigenvalue weighted by molar-refractivity contribution is 5.76. The molecule has 0 bridgehead atoms. The van der Waals surface area contributed by atoms with Crippen LogP contribution in [0.5, 0.6) is 0 Å². The molecule has 0 saturated heterocycles. The Labute approximate surface area is 68.1 Å². The Bertz CT molecular complexity index is 127. The lowest BCUT2D eigenvalue weighted by molar-refractivity contribution is -0.126. The van der Waals surface area contributed by atoms with Gasteiger partial charge >= 0.3 is 0 Å². The van der Waals surface area contributed by atoms with E-state index in [-0.39, 0.29) is 17.9 Å². The van der Waals surface area contributed by atoms with Crippen LogP contribution in [0.2, 0.25) is 0 Å². The van der Waals surface area contributed by atoms with Crippen molar-refractivity contribution in [2.75, 3.05) is 20.3 Å². The average molecular weight is 159 g/mol. The van der Waals surface area contributed by atoms with Crippen LogP contribution in [-0.4, -0.2) is 26.2 Å². The number of carbonyl (C=O) groups excluding carboxylic acids is 1. The van der Waals surface area contributed by atoms with Crippen molar-refractivity contribution in [3.8, 4) is 0 Å². The first kappa shape index (κ1) is 10.4. The average Bonchev–Trinajstić information content (AvgIpc) is 1.85. The second-order valence-corrected chi connectivity index (χ2v) is 3.73. The molecule has 0 aliphatic rings. The molecule has 0 atom stereocenters. The van der Waals surface area contributed by atoms with Crippen molar-refractivity contribution in [3.05, 3.63) is 0 Å². The zero-order valence-electron chi connectivity index (χ0n) is 7.73. The Kier molecular flexibility index (Phi) is 4.11. The first-order chi connectivity index (χ1) is 4.95. The van der Waals surface area contributed by atoms with Crippen LogP contribution in [0.15, 0.2) is 0 Å². The molecule has 0 aromatic rings. The summed E-state index contributed by atoms with van der Waals surface area (Å²) < 4.78 is 5.14. The third kappa shape index (κ3) is 7.33. The normalized spacial score (nSPS) is 11.3. The zero-order valence-corrected chi connectivity index (χ0v) is 7.73. The third-order valence-electron chi connectivity index (χ3n) is 1.05. The molecular formula is C8H17NO2. The van der Waals surface area contributed by atoms with E-state index in [0.29, 0.717) is 6.61 Å². The largest absolute Gasteiger partial charge is 0.371 e. The van der Waals surface area contributed by atoms with Crippen molar-refractivity contribution in [1.82, 2.24) is 5.32 Å². The van der Waals surface area contributed by atoms with E-state index in [0.717, 1.165) is 0 Å². The number of amides is 1. The van der Waals surface area contributed by atoms with E-state index in [1.807, 2.05) is 0 Å². The third-order valence-corrected chi connectivity index (χ3v) is 1.05. The molecule has 0 fully saturated rings. The van der Waals surface area contributed by atoms with Crippen LogP contribution in [0.3, 0.4) is 0 Å². The monoisotopic (exact) mass is 159 g/mol. The Morgan fingerprint density at radius 2 is 2.00 bits per heavy atom. The van der Waals surface area contributed by atoms with Crippen LogP contribution >= 0.6 is 0 Å². The predicted molar refractivity (Wildman–Crippen MR) is 44.3 cm³/mol. The summed E-state index contributed by atoms with van der Waals surface area (Å²) in [5.74, 6) is -0.0748. The summed E-state index contributed by atoms with van der Waals surface area (Å²) in [5, 5.41) is 2.49. The van der Waals surface area contributed by atoms with Gasteiger partial charge in [-0.25, -0.2) is 0 Å². The molecular weight excluding hydrogens is 142 g/mol. The number of likely N-dealkylation sites (N-methyl/N-ethyl adjacent to an activating group) is 1. The molecule has 3 heteroatoms. The van der Waals surface area contributed by atoms with Crippen LogP contribution in [0.4, 0.5) is 0 Å². The molecule has 0 saturated carbocycles. The topological polar surface area (TPSA) is 38.3 Å². The summed E-state index contributed by atoms with van der Waals surface area (Å²) in [6.45, 7) is 6.97. The molecule has 0 heterocycles. The van der Waals surface area contributed by atoms with Crippen LogP contribution in [0.1, 0.15) is 20.8 Å². The smallest absolute Gasteiger partial charge is 0.245 e.